The van der Waals surface area contributed by atoms with Crippen LogP contribution in [-0.4, -0.2) is 40.5 Å². The van der Waals surface area contributed by atoms with E-state index in [2.05, 4.69) is 0 Å². The number of carboxylic acids is 1. The zero-order valence-electron chi connectivity index (χ0n) is 10.3. The van der Waals surface area contributed by atoms with Crippen LogP contribution in [0.4, 0.5) is 0 Å². The Balaban J connectivity index is 4.27. The summed E-state index contributed by atoms with van der Waals surface area (Å²) >= 11 is 0. The SMILES string of the molecule is CCC(N)C(=O)N(CCCC(=O)O)C(C)C. The Labute approximate surface area is 96.6 Å². The third-order valence-electron chi connectivity index (χ3n) is 2.45. The first-order valence-electron chi connectivity index (χ1n) is 5.68. The van der Waals surface area contributed by atoms with Gasteiger partial charge in [-0.3, -0.25) is 9.59 Å². The fourth-order valence-electron chi connectivity index (χ4n) is 1.41. The van der Waals surface area contributed by atoms with Gasteiger partial charge in [-0.25, -0.2) is 0 Å². The molecule has 0 aliphatic heterocycles. The lowest BCUT2D eigenvalue weighted by Gasteiger charge is -2.28. The number of carboxylic acid groups (broad SMARTS) is 1. The highest BCUT2D eigenvalue weighted by Gasteiger charge is 2.21. The molecule has 0 spiro atoms. The van der Waals surface area contributed by atoms with Crippen LogP contribution < -0.4 is 5.73 Å². The molecule has 16 heavy (non-hydrogen) atoms. The lowest BCUT2D eigenvalue weighted by molar-refractivity contribution is -0.139. The Morgan fingerprint density at radius 3 is 2.31 bits per heavy atom. The number of hydrogen-bond acceptors (Lipinski definition) is 3. The third-order valence-corrected chi connectivity index (χ3v) is 2.45. The van der Waals surface area contributed by atoms with E-state index in [9.17, 15) is 9.59 Å². The fourth-order valence-corrected chi connectivity index (χ4v) is 1.41. The first kappa shape index (κ1) is 14.9. The van der Waals surface area contributed by atoms with Gasteiger partial charge in [-0.05, 0) is 26.7 Å². The highest BCUT2D eigenvalue weighted by Crippen LogP contribution is 2.05. The summed E-state index contributed by atoms with van der Waals surface area (Å²) in [6.45, 7) is 6.12. The Morgan fingerprint density at radius 1 is 1.38 bits per heavy atom. The molecular weight excluding hydrogens is 208 g/mol. The Kier molecular flexibility index (Phi) is 6.72. The molecule has 0 saturated heterocycles. The fraction of sp³-hybridized carbons (Fsp3) is 0.818. The van der Waals surface area contributed by atoms with Gasteiger partial charge in [0.1, 0.15) is 0 Å². The van der Waals surface area contributed by atoms with Crippen LogP contribution in [0.3, 0.4) is 0 Å². The molecule has 0 saturated carbocycles. The summed E-state index contributed by atoms with van der Waals surface area (Å²) in [5.74, 6) is -0.932. The van der Waals surface area contributed by atoms with Crippen molar-refractivity contribution in [2.45, 2.75) is 52.1 Å². The number of aliphatic carboxylic acids is 1. The number of carbonyl (C=O) groups excluding carboxylic acids is 1. The molecule has 0 aliphatic rings. The van der Waals surface area contributed by atoms with Crippen LogP contribution in [0.15, 0.2) is 0 Å². The van der Waals surface area contributed by atoms with Crippen LogP contribution >= 0.6 is 0 Å². The monoisotopic (exact) mass is 230 g/mol. The predicted molar refractivity (Wildman–Crippen MR) is 62.0 cm³/mol. The first-order valence-corrected chi connectivity index (χ1v) is 5.68. The van der Waals surface area contributed by atoms with E-state index in [1.807, 2.05) is 20.8 Å². The second kappa shape index (κ2) is 7.22. The van der Waals surface area contributed by atoms with Gasteiger partial charge in [0.05, 0.1) is 6.04 Å². The lowest BCUT2D eigenvalue weighted by atomic mass is 10.1. The first-order chi connectivity index (χ1) is 7.40. The van der Waals surface area contributed by atoms with Crippen molar-refractivity contribution in [1.82, 2.24) is 4.90 Å². The van der Waals surface area contributed by atoms with Crippen molar-refractivity contribution in [2.75, 3.05) is 6.54 Å². The molecule has 3 N–H and O–H groups in total. The van der Waals surface area contributed by atoms with Crippen molar-refractivity contribution in [1.29, 1.82) is 0 Å². The van der Waals surface area contributed by atoms with Crippen molar-refractivity contribution >= 4 is 11.9 Å². The van der Waals surface area contributed by atoms with Crippen LogP contribution in [0, 0.1) is 0 Å². The van der Waals surface area contributed by atoms with E-state index in [4.69, 9.17) is 10.8 Å². The maximum atomic E-state index is 11.8. The van der Waals surface area contributed by atoms with Gasteiger partial charge in [0, 0.05) is 19.0 Å². The van der Waals surface area contributed by atoms with Gasteiger partial charge in [-0.15, -0.1) is 0 Å². The average molecular weight is 230 g/mol. The summed E-state index contributed by atoms with van der Waals surface area (Å²) in [4.78, 5) is 23.9. The van der Waals surface area contributed by atoms with Gasteiger partial charge >= 0.3 is 5.97 Å². The molecule has 5 heteroatoms. The van der Waals surface area contributed by atoms with Crippen LogP contribution in [0.2, 0.25) is 0 Å². The van der Waals surface area contributed by atoms with Gasteiger partial charge in [0.2, 0.25) is 5.91 Å². The van der Waals surface area contributed by atoms with Crippen molar-refractivity contribution in [3.63, 3.8) is 0 Å². The zero-order valence-corrected chi connectivity index (χ0v) is 10.3. The minimum absolute atomic E-state index is 0.0545. The molecule has 0 rings (SSSR count). The van der Waals surface area contributed by atoms with Gasteiger partial charge in [0.15, 0.2) is 0 Å². The number of amides is 1. The Morgan fingerprint density at radius 2 is 1.94 bits per heavy atom. The van der Waals surface area contributed by atoms with Gasteiger partial charge < -0.3 is 15.7 Å². The molecule has 0 radical (unpaired) electrons. The van der Waals surface area contributed by atoms with Gasteiger partial charge in [-0.2, -0.15) is 0 Å². The third kappa shape index (κ3) is 5.11. The summed E-state index contributed by atoms with van der Waals surface area (Å²) in [5, 5.41) is 8.53. The van der Waals surface area contributed by atoms with Crippen LogP contribution in [0.25, 0.3) is 0 Å². The highest BCUT2D eigenvalue weighted by atomic mass is 16.4. The second-order valence-corrected chi connectivity index (χ2v) is 4.14. The molecule has 0 bridgehead atoms. The maximum absolute atomic E-state index is 11.8. The molecule has 1 unspecified atom stereocenters. The summed E-state index contributed by atoms with van der Waals surface area (Å²) in [7, 11) is 0. The van der Waals surface area contributed by atoms with E-state index in [-0.39, 0.29) is 18.4 Å². The molecule has 94 valence electrons. The molecule has 0 aromatic heterocycles. The molecule has 0 heterocycles. The molecule has 0 aliphatic carbocycles. The second-order valence-electron chi connectivity index (χ2n) is 4.14. The quantitative estimate of drug-likeness (QED) is 0.678. The molecule has 1 amide bonds. The van der Waals surface area contributed by atoms with E-state index in [0.717, 1.165) is 0 Å². The smallest absolute Gasteiger partial charge is 0.303 e. The molecule has 1 atom stereocenters. The maximum Gasteiger partial charge on any atom is 0.303 e. The van der Waals surface area contributed by atoms with E-state index in [1.54, 1.807) is 4.90 Å². The number of nitrogens with zero attached hydrogens (tertiary/aromatic N) is 1. The molecule has 0 fully saturated rings. The minimum atomic E-state index is -0.837. The van der Waals surface area contributed by atoms with E-state index >= 15 is 0 Å². The van der Waals surface area contributed by atoms with Crippen LogP contribution in [0.1, 0.15) is 40.0 Å². The molecule has 0 aromatic carbocycles. The number of nitrogens with two attached hydrogens (primary N) is 1. The van der Waals surface area contributed by atoms with Crippen LogP contribution in [0.5, 0.6) is 0 Å². The predicted octanol–water partition coefficient (Wildman–Crippen LogP) is 0.826. The summed E-state index contributed by atoms with van der Waals surface area (Å²) in [6.07, 6.45) is 1.15. The zero-order chi connectivity index (χ0) is 12.7. The summed E-state index contributed by atoms with van der Waals surface area (Å²) in [6, 6.07) is -0.425. The largest absolute Gasteiger partial charge is 0.481 e. The van der Waals surface area contributed by atoms with Crippen molar-refractivity contribution in [2.24, 2.45) is 5.73 Å². The summed E-state index contributed by atoms with van der Waals surface area (Å²) < 4.78 is 0. The van der Waals surface area contributed by atoms with Crippen molar-refractivity contribution in [3.05, 3.63) is 0 Å². The van der Waals surface area contributed by atoms with E-state index < -0.39 is 12.0 Å². The number of rotatable bonds is 7. The minimum Gasteiger partial charge on any atom is -0.481 e. The highest BCUT2D eigenvalue weighted by molar-refractivity contribution is 5.81. The van der Waals surface area contributed by atoms with Crippen molar-refractivity contribution in [3.8, 4) is 0 Å². The van der Waals surface area contributed by atoms with Gasteiger partial charge in [-0.1, -0.05) is 6.92 Å². The topological polar surface area (TPSA) is 83.6 Å². The van der Waals surface area contributed by atoms with Crippen LogP contribution in [-0.2, 0) is 9.59 Å². The van der Waals surface area contributed by atoms with E-state index in [1.165, 1.54) is 0 Å². The summed E-state index contributed by atoms with van der Waals surface area (Å²) in [5.41, 5.74) is 5.68. The average Bonchev–Trinajstić information content (AvgIpc) is 2.21. The number of carbonyl (C=O) groups is 2. The van der Waals surface area contributed by atoms with E-state index in [0.29, 0.717) is 19.4 Å². The Hall–Kier alpha value is -1.10. The Bertz CT molecular complexity index is 241. The standard InChI is InChI=1S/C11H22N2O3/c1-4-9(12)11(16)13(8(2)3)7-5-6-10(14)15/h8-9H,4-7,12H2,1-3H3,(H,14,15). The van der Waals surface area contributed by atoms with Crippen molar-refractivity contribution < 1.29 is 14.7 Å². The molecule has 0 aromatic rings. The lowest BCUT2D eigenvalue weighted by Crippen LogP contribution is -2.47. The molecule has 5 nitrogen and oxygen atoms in total. The normalized spacial score (nSPS) is 12.6. The molecular formula is C11H22N2O3. The number of hydrogen-bond donors (Lipinski definition) is 2. The van der Waals surface area contributed by atoms with Gasteiger partial charge in [0.25, 0.3) is 0 Å².